The topological polar surface area (TPSA) is 84.5 Å². The number of sulfonamides is 1. The fraction of sp³-hybridized carbons (Fsp3) is 0.480. The van der Waals surface area contributed by atoms with E-state index in [0.29, 0.717) is 12.2 Å². The highest BCUT2D eigenvalue weighted by molar-refractivity contribution is 7.92. The van der Waals surface area contributed by atoms with Crippen molar-refractivity contribution in [1.29, 1.82) is 0 Å². The van der Waals surface area contributed by atoms with Crippen LogP contribution in [0.1, 0.15) is 57.6 Å². The minimum absolute atomic E-state index is 0.0280. The molecule has 1 aliphatic carbocycles. The number of amides is 1. The highest BCUT2D eigenvalue weighted by Gasteiger charge is 2.51. The number of rotatable bonds is 7. The van der Waals surface area contributed by atoms with Gasteiger partial charge in [-0.15, -0.1) is 0 Å². The summed E-state index contributed by atoms with van der Waals surface area (Å²) in [5.41, 5.74) is 1.93. The molecule has 172 valence electrons. The molecule has 0 unspecified atom stereocenters. The zero-order valence-corrected chi connectivity index (χ0v) is 19.8. The number of anilines is 1. The molecule has 1 aliphatic heterocycles. The molecule has 0 aromatic heterocycles. The van der Waals surface area contributed by atoms with Crippen LogP contribution in [0.5, 0.6) is 0 Å². The molecule has 2 aliphatic rings. The molecular weight excluding hydrogens is 424 g/mol. The Bertz CT molecular complexity index is 1060. The first-order valence-corrected chi connectivity index (χ1v) is 12.7. The lowest BCUT2D eigenvalue weighted by Crippen LogP contribution is -2.39. The minimum Gasteiger partial charge on any atom is -0.376 e. The molecule has 4 rings (SSSR count). The van der Waals surface area contributed by atoms with E-state index in [0.717, 1.165) is 43.4 Å². The van der Waals surface area contributed by atoms with E-state index in [2.05, 4.69) is 30.8 Å². The van der Waals surface area contributed by atoms with Gasteiger partial charge < -0.3 is 10.1 Å². The molecule has 0 spiro atoms. The van der Waals surface area contributed by atoms with Gasteiger partial charge in [0.1, 0.15) is 0 Å². The third kappa shape index (κ3) is 4.84. The summed E-state index contributed by atoms with van der Waals surface area (Å²) in [6.07, 6.45) is 3.75. The normalized spacial score (nSPS) is 20.0. The molecule has 0 radical (unpaired) electrons. The number of carbonyl (C=O) groups excluding carboxylic acids is 1. The Morgan fingerprint density at radius 2 is 1.72 bits per heavy atom. The fourth-order valence-corrected chi connectivity index (χ4v) is 5.22. The second-order valence-electron chi connectivity index (χ2n) is 9.88. The largest absolute Gasteiger partial charge is 0.376 e. The molecule has 1 amide bonds. The number of carbonyl (C=O) groups is 1. The van der Waals surface area contributed by atoms with Crippen molar-refractivity contribution in [3.8, 4) is 0 Å². The summed E-state index contributed by atoms with van der Waals surface area (Å²) < 4.78 is 33.8. The molecule has 2 aromatic carbocycles. The quantitative estimate of drug-likeness (QED) is 0.657. The standard InChI is InChI=1S/C25H32N2O4S/c1-24(2,3)18-8-12-22(13-9-18)32(29,30)27-20-10-6-19(7-11-20)25(14-15-25)23(28)26-17-21-5-4-16-31-21/h6-13,21,27H,4-5,14-17H2,1-3H3,(H,26,28)/t21-/m0/s1. The van der Waals surface area contributed by atoms with Crippen LogP contribution in [0.4, 0.5) is 5.69 Å². The van der Waals surface area contributed by atoms with Gasteiger partial charge in [0.05, 0.1) is 16.4 Å². The van der Waals surface area contributed by atoms with Gasteiger partial charge in [-0.25, -0.2) is 8.42 Å². The summed E-state index contributed by atoms with van der Waals surface area (Å²) in [5.74, 6) is 0.0280. The van der Waals surface area contributed by atoms with Crippen molar-refractivity contribution in [2.45, 2.75) is 68.3 Å². The second kappa shape index (κ2) is 8.52. The Kier molecular flexibility index (Phi) is 6.07. The lowest BCUT2D eigenvalue weighted by molar-refractivity contribution is -0.124. The van der Waals surface area contributed by atoms with Gasteiger partial charge in [-0.3, -0.25) is 9.52 Å². The van der Waals surface area contributed by atoms with E-state index in [4.69, 9.17) is 4.74 Å². The average Bonchev–Trinajstić information content (AvgIpc) is 3.40. The summed E-state index contributed by atoms with van der Waals surface area (Å²) in [4.78, 5) is 13.0. The summed E-state index contributed by atoms with van der Waals surface area (Å²) in [6.45, 7) is 7.58. The zero-order chi connectivity index (χ0) is 23.0. The van der Waals surface area contributed by atoms with Crippen molar-refractivity contribution in [3.63, 3.8) is 0 Å². The van der Waals surface area contributed by atoms with Gasteiger partial charge >= 0.3 is 0 Å². The molecule has 1 saturated heterocycles. The first-order chi connectivity index (χ1) is 15.1. The van der Waals surface area contributed by atoms with Gasteiger partial charge in [0.2, 0.25) is 5.91 Å². The number of hydrogen-bond acceptors (Lipinski definition) is 4. The highest BCUT2D eigenvalue weighted by atomic mass is 32.2. The molecule has 7 heteroatoms. The van der Waals surface area contributed by atoms with E-state index in [-0.39, 0.29) is 22.3 Å². The van der Waals surface area contributed by atoms with Crippen LogP contribution in [0, 0.1) is 0 Å². The fourth-order valence-electron chi connectivity index (χ4n) is 4.16. The van der Waals surface area contributed by atoms with Crippen LogP contribution in [0.25, 0.3) is 0 Å². The molecule has 32 heavy (non-hydrogen) atoms. The van der Waals surface area contributed by atoms with Crippen molar-refractivity contribution in [3.05, 3.63) is 59.7 Å². The van der Waals surface area contributed by atoms with E-state index in [1.54, 1.807) is 24.3 Å². The van der Waals surface area contributed by atoms with Gasteiger partial charge in [-0.05, 0) is 66.5 Å². The first kappa shape index (κ1) is 22.8. The van der Waals surface area contributed by atoms with Crippen molar-refractivity contribution in [2.75, 3.05) is 17.9 Å². The maximum absolute atomic E-state index is 12.8. The van der Waals surface area contributed by atoms with Crippen LogP contribution >= 0.6 is 0 Å². The second-order valence-corrected chi connectivity index (χ2v) is 11.6. The molecular formula is C25H32N2O4S. The molecule has 1 atom stereocenters. The predicted molar refractivity (Wildman–Crippen MR) is 125 cm³/mol. The molecule has 2 N–H and O–H groups in total. The molecule has 6 nitrogen and oxygen atoms in total. The van der Waals surface area contributed by atoms with Crippen molar-refractivity contribution >= 4 is 21.6 Å². The van der Waals surface area contributed by atoms with Crippen molar-refractivity contribution in [2.24, 2.45) is 0 Å². The third-order valence-electron chi connectivity index (χ3n) is 6.42. The molecule has 0 bridgehead atoms. The number of benzene rings is 2. The SMILES string of the molecule is CC(C)(C)c1ccc(S(=O)(=O)Nc2ccc(C3(C(=O)NC[C@@H]4CCCO4)CC3)cc2)cc1. The monoisotopic (exact) mass is 456 g/mol. The van der Waals surface area contributed by atoms with Gasteiger partial charge in [0, 0.05) is 18.8 Å². The van der Waals surface area contributed by atoms with Crippen molar-refractivity contribution < 1.29 is 17.9 Å². The number of nitrogens with one attached hydrogen (secondary N) is 2. The Morgan fingerprint density at radius 3 is 2.25 bits per heavy atom. The van der Waals surface area contributed by atoms with Gasteiger partial charge in [0.25, 0.3) is 10.0 Å². The summed E-state index contributed by atoms with van der Waals surface area (Å²) in [7, 11) is -3.69. The molecule has 1 saturated carbocycles. The first-order valence-electron chi connectivity index (χ1n) is 11.2. The Hall–Kier alpha value is -2.38. The summed E-state index contributed by atoms with van der Waals surface area (Å²) >= 11 is 0. The highest BCUT2D eigenvalue weighted by Crippen LogP contribution is 2.48. The predicted octanol–water partition coefficient (Wildman–Crippen LogP) is 4.11. The van der Waals surface area contributed by atoms with Crippen LogP contribution in [-0.4, -0.2) is 33.6 Å². The Labute approximate surface area is 190 Å². The lowest BCUT2D eigenvalue weighted by Gasteiger charge is -2.19. The zero-order valence-electron chi connectivity index (χ0n) is 19.0. The number of ether oxygens (including phenoxy) is 1. The van der Waals surface area contributed by atoms with E-state index in [1.807, 2.05) is 24.3 Å². The van der Waals surface area contributed by atoms with Crippen LogP contribution in [-0.2, 0) is 30.4 Å². The summed E-state index contributed by atoms with van der Waals surface area (Å²) in [6, 6.07) is 14.1. The van der Waals surface area contributed by atoms with E-state index in [1.165, 1.54) is 0 Å². The minimum atomic E-state index is -3.69. The van der Waals surface area contributed by atoms with Crippen LogP contribution in [0.3, 0.4) is 0 Å². The molecule has 2 fully saturated rings. The van der Waals surface area contributed by atoms with E-state index >= 15 is 0 Å². The average molecular weight is 457 g/mol. The van der Waals surface area contributed by atoms with Crippen molar-refractivity contribution in [1.82, 2.24) is 5.32 Å². The maximum Gasteiger partial charge on any atom is 0.261 e. The van der Waals surface area contributed by atoms with Gasteiger partial charge in [-0.1, -0.05) is 45.0 Å². The smallest absolute Gasteiger partial charge is 0.261 e. The van der Waals surface area contributed by atoms with Gasteiger partial charge in [0.15, 0.2) is 0 Å². The summed E-state index contributed by atoms with van der Waals surface area (Å²) in [5, 5.41) is 3.04. The third-order valence-corrected chi connectivity index (χ3v) is 7.82. The lowest BCUT2D eigenvalue weighted by atomic mass is 9.87. The van der Waals surface area contributed by atoms with E-state index in [9.17, 15) is 13.2 Å². The van der Waals surface area contributed by atoms with Crippen LogP contribution in [0.2, 0.25) is 0 Å². The van der Waals surface area contributed by atoms with E-state index < -0.39 is 15.4 Å². The molecule has 1 heterocycles. The molecule has 2 aromatic rings. The Morgan fingerprint density at radius 1 is 1.06 bits per heavy atom. The van der Waals surface area contributed by atoms with Gasteiger partial charge in [-0.2, -0.15) is 0 Å². The van der Waals surface area contributed by atoms with Crippen LogP contribution in [0.15, 0.2) is 53.4 Å². The van der Waals surface area contributed by atoms with Crippen LogP contribution < -0.4 is 10.0 Å². The number of hydrogen-bond donors (Lipinski definition) is 2. The maximum atomic E-state index is 12.8. The Balaban J connectivity index is 1.41.